The summed E-state index contributed by atoms with van der Waals surface area (Å²) in [6, 6.07) is 19.3. The van der Waals surface area contributed by atoms with E-state index in [1.165, 1.54) is 4.88 Å². The Labute approximate surface area is 231 Å². The number of para-hydroxylation sites is 1. The van der Waals surface area contributed by atoms with Crippen molar-refractivity contribution in [2.75, 3.05) is 5.32 Å². The molecule has 0 fully saturated rings. The highest BCUT2D eigenvalue weighted by molar-refractivity contribution is 7.80. The molecule has 192 valence electrons. The van der Waals surface area contributed by atoms with Crippen molar-refractivity contribution in [1.82, 2.24) is 10.3 Å². The fraction of sp³-hybridized carbons (Fsp3) is 0.267. The molecule has 0 bridgehead atoms. The molecule has 1 aliphatic carbocycles. The van der Waals surface area contributed by atoms with E-state index >= 15 is 0 Å². The molecule has 0 saturated carbocycles. The van der Waals surface area contributed by atoms with Crippen molar-refractivity contribution in [1.29, 1.82) is 5.26 Å². The lowest BCUT2D eigenvalue weighted by atomic mass is 9.89. The molecular formula is C30H28N4O2S2. The number of benzene rings is 2. The first kappa shape index (κ1) is 25.8. The van der Waals surface area contributed by atoms with Gasteiger partial charge in [0.2, 0.25) is 0 Å². The molecule has 0 unspecified atom stereocenters. The molecule has 1 aliphatic rings. The Morgan fingerprint density at radius 3 is 2.82 bits per heavy atom. The Balaban J connectivity index is 1.42. The Morgan fingerprint density at radius 1 is 1.21 bits per heavy atom. The number of thiophene rings is 1. The van der Waals surface area contributed by atoms with E-state index in [2.05, 4.69) is 23.6 Å². The predicted octanol–water partition coefficient (Wildman–Crippen LogP) is 6.87. The van der Waals surface area contributed by atoms with Gasteiger partial charge in [-0.2, -0.15) is 5.26 Å². The predicted molar refractivity (Wildman–Crippen MR) is 157 cm³/mol. The second-order valence-electron chi connectivity index (χ2n) is 9.84. The highest BCUT2D eigenvalue weighted by atomic mass is 32.1. The molecule has 0 radical (unpaired) electrons. The van der Waals surface area contributed by atoms with E-state index in [0.29, 0.717) is 33.3 Å². The topological polar surface area (TPSA) is 87.0 Å². The van der Waals surface area contributed by atoms with Gasteiger partial charge in [-0.1, -0.05) is 37.3 Å². The Hall–Kier alpha value is -3.80. The number of pyridine rings is 1. The molecule has 4 aromatic rings. The van der Waals surface area contributed by atoms with Crippen LogP contribution in [0.4, 0.5) is 5.00 Å². The number of nitrogens with zero attached hydrogens (tertiary/aromatic N) is 2. The van der Waals surface area contributed by atoms with Crippen molar-refractivity contribution in [3.63, 3.8) is 0 Å². The number of nitrogens with one attached hydrogen (secondary N) is 2. The molecule has 1 atom stereocenters. The third kappa shape index (κ3) is 5.40. The van der Waals surface area contributed by atoms with Crippen molar-refractivity contribution >= 4 is 50.5 Å². The van der Waals surface area contributed by atoms with E-state index in [0.717, 1.165) is 41.5 Å². The number of aromatic nitrogens is 1. The minimum Gasteiger partial charge on any atom is -0.491 e. The number of nitriles is 1. The molecule has 8 heteroatoms. The maximum atomic E-state index is 13.5. The van der Waals surface area contributed by atoms with Crippen LogP contribution in [0.3, 0.4) is 0 Å². The smallest absolute Gasteiger partial charge is 0.258 e. The number of amides is 1. The SMILES string of the molecule is CC(C)Oc1cccc(-c2cc(C(=O)NC(=S)Nc3sc4c(c3C#N)CC[C@H](C)C4)c3ccccc3n2)c1. The third-order valence-corrected chi connectivity index (χ3v) is 7.91. The van der Waals surface area contributed by atoms with Gasteiger partial charge in [0, 0.05) is 15.8 Å². The van der Waals surface area contributed by atoms with E-state index in [4.69, 9.17) is 21.9 Å². The van der Waals surface area contributed by atoms with E-state index in [-0.39, 0.29) is 17.1 Å². The second-order valence-corrected chi connectivity index (χ2v) is 11.4. The van der Waals surface area contributed by atoms with Crippen molar-refractivity contribution in [3.8, 4) is 23.1 Å². The quantitative estimate of drug-likeness (QED) is 0.269. The number of carbonyl (C=O) groups is 1. The largest absolute Gasteiger partial charge is 0.491 e. The van der Waals surface area contributed by atoms with Crippen LogP contribution < -0.4 is 15.4 Å². The van der Waals surface area contributed by atoms with E-state index < -0.39 is 0 Å². The standard InChI is InChI=1S/C30H28N4O2S2/c1-17(2)36-20-8-6-7-19(14-20)26-15-23(21-9-4-5-10-25(21)32-26)28(35)33-30(37)34-29-24(16-31)22-12-11-18(3)13-27(22)38-29/h4-10,14-15,17-18H,11-13H2,1-3H3,(H2,33,34,35,37)/t18-/m0/s1. The fourth-order valence-corrected chi connectivity index (χ4v) is 6.40. The summed E-state index contributed by atoms with van der Waals surface area (Å²) in [6.45, 7) is 6.19. The first-order valence-electron chi connectivity index (χ1n) is 12.7. The Bertz CT molecular complexity index is 1590. The summed E-state index contributed by atoms with van der Waals surface area (Å²) in [5.41, 5.74) is 4.42. The molecule has 0 spiro atoms. The highest BCUT2D eigenvalue weighted by Crippen LogP contribution is 2.39. The summed E-state index contributed by atoms with van der Waals surface area (Å²) in [4.78, 5) is 19.5. The number of anilines is 1. The summed E-state index contributed by atoms with van der Waals surface area (Å²) < 4.78 is 5.85. The van der Waals surface area contributed by atoms with Gasteiger partial charge in [-0.3, -0.25) is 10.1 Å². The number of hydrogen-bond donors (Lipinski definition) is 2. The molecular weight excluding hydrogens is 512 g/mol. The van der Waals surface area contributed by atoms with Gasteiger partial charge in [-0.05, 0) is 81.1 Å². The van der Waals surface area contributed by atoms with E-state index in [9.17, 15) is 10.1 Å². The molecule has 1 amide bonds. The van der Waals surface area contributed by atoms with Gasteiger partial charge in [0.1, 0.15) is 16.8 Å². The van der Waals surface area contributed by atoms with Crippen molar-refractivity contribution in [3.05, 3.63) is 76.2 Å². The van der Waals surface area contributed by atoms with Crippen LogP contribution >= 0.6 is 23.6 Å². The van der Waals surface area contributed by atoms with Gasteiger partial charge in [0.15, 0.2) is 5.11 Å². The number of ether oxygens (including phenoxy) is 1. The second kappa shape index (κ2) is 10.9. The zero-order chi connectivity index (χ0) is 26.8. The minimum atomic E-state index is -0.342. The summed E-state index contributed by atoms with van der Waals surface area (Å²) in [5, 5.41) is 17.3. The maximum Gasteiger partial charge on any atom is 0.258 e. The summed E-state index contributed by atoms with van der Waals surface area (Å²) >= 11 is 7.07. The molecule has 38 heavy (non-hydrogen) atoms. The number of carbonyl (C=O) groups excluding carboxylic acids is 1. The van der Waals surface area contributed by atoms with Crippen LogP contribution in [-0.4, -0.2) is 22.1 Å². The van der Waals surface area contributed by atoms with Crippen LogP contribution in [0.5, 0.6) is 5.75 Å². The number of fused-ring (bicyclic) bond motifs is 2. The van der Waals surface area contributed by atoms with E-state index in [1.807, 2.05) is 62.4 Å². The monoisotopic (exact) mass is 540 g/mol. The van der Waals surface area contributed by atoms with Crippen molar-refractivity contribution < 1.29 is 9.53 Å². The van der Waals surface area contributed by atoms with Crippen LogP contribution in [0, 0.1) is 17.2 Å². The Kier molecular flexibility index (Phi) is 7.41. The average Bonchev–Trinajstić information content (AvgIpc) is 3.23. The van der Waals surface area contributed by atoms with Crippen LogP contribution in [0.2, 0.25) is 0 Å². The van der Waals surface area contributed by atoms with Crippen LogP contribution in [0.15, 0.2) is 54.6 Å². The van der Waals surface area contributed by atoms with E-state index in [1.54, 1.807) is 17.4 Å². The molecule has 2 aromatic heterocycles. The maximum absolute atomic E-state index is 13.5. The van der Waals surface area contributed by atoms with Gasteiger partial charge in [0.25, 0.3) is 5.91 Å². The normalized spacial score (nSPS) is 14.6. The number of rotatable bonds is 5. The third-order valence-electron chi connectivity index (χ3n) is 6.54. The molecule has 6 nitrogen and oxygen atoms in total. The first-order chi connectivity index (χ1) is 18.3. The van der Waals surface area contributed by atoms with Crippen LogP contribution in [0.25, 0.3) is 22.2 Å². The molecule has 0 saturated heterocycles. The van der Waals surface area contributed by atoms with Gasteiger partial charge in [-0.15, -0.1) is 11.3 Å². The van der Waals surface area contributed by atoms with Gasteiger partial charge in [-0.25, -0.2) is 4.98 Å². The van der Waals surface area contributed by atoms with Crippen LogP contribution in [-0.2, 0) is 12.8 Å². The van der Waals surface area contributed by atoms with Crippen molar-refractivity contribution in [2.45, 2.75) is 46.1 Å². The summed E-state index contributed by atoms with van der Waals surface area (Å²) in [5.74, 6) is 0.995. The molecule has 2 aromatic carbocycles. The minimum absolute atomic E-state index is 0.0449. The molecule has 0 aliphatic heterocycles. The number of hydrogen-bond acceptors (Lipinski definition) is 6. The Morgan fingerprint density at radius 2 is 2.03 bits per heavy atom. The number of thiocarbonyl (C=S) groups is 1. The average molecular weight is 541 g/mol. The lowest BCUT2D eigenvalue weighted by Crippen LogP contribution is -2.34. The van der Waals surface area contributed by atoms with Crippen LogP contribution in [0.1, 0.15) is 53.6 Å². The lowest BCUT2D eigenvalue weighted by molar-refractivity contribution is 0.0979. The highest BCUT2D eigenvalue weighted by Gasteiger charge is 2.25. The molecule has 5 rings (SSSR count). The van der Waals surface area contributed by atoms with Gasteiger partial charge in [0.05, 0.1) is 28.4 Å². The zero-order valence-corrected chi connectivity index (χ0v) is 23.1. The summed E-state index contributed by atoms with van der Waals surface area (Å²) in [7, 11) is 0. The first-order valence-corrected chi connectivity index (χ1v) is 13.9. The molecule has 2 N–H and O–H groups in total. The zero-order valence-electron chi connectivity index (χ0n) is 21.5. The summed E-state index contributed by atoms with van der Waals surface area (Å²) in [6.07, 6.45) is 2.98. The van der Waals surface area contributed by atoms with Gasteiger partial charge < -0.3 is 10.1 Å². The lowest BCUT2D eigenvalue weighted by Gasteiger charge is -2.17. The van der Waals surface area contributed by atoms with Crippen molar-refractivity contribution in [2.24, 2.45) is 5.92 Å². The molecule has 2 heterocycles. The fourth-order valence-electron chi connectivity index (χ4n) is 4.77. The van der Waals surface area contributed by atoms with Gasteiger partial charge >= 0.3 is 0 Å².